The molecule has 4 rings (SSSR count). The number of hydrogen-bond acceptors (Lipinski definition) is 5. The number of amides is 1. The van der Waals surface area contributed by atoms with E-state index in [0.29, 0.717) is 24.7 Å². The van der Waals surface area contributed by atoms with Crippen molar-refractivity contribution < 1.29 is 27.1 Å². The van der Waals surface area contributed by atoms with E-state index in [1.54, 1.807) is 43.3 Å². The highest BCUT2D eigenvalue weighted by Crippen LogP contribution is 2.33. The van der Waals surface area contributed by atoms with Crippen LogP contribution in [0.4, 0.5) is 10.1 Å². The van der Waals surface area contributed by atoms with Gasteiger partial charge >= 0.3 is 0 Å². The number of nitrogens with zero attached hydrogens (tertiary/aromatic N) is 1. The number of hydrogen-bond donors (Lipinski definition) is 1. The molecular weight excluding hydrogens is 483 g/mol. The van der Waals surface area contributed by atoms with Crippen LogP contribution in [0.5, 0.6) is 11.5 Å². The minimum atomic E-state index is -4.14. The fourth-order valence-electron chi connectivity index (χ4n) is 3.51. The number of benzene rings is 3. The standard InChI is InChI=1S/C24H22ClFN2O5S/c1-16(17-7-10-22-23(13-17)33-12-11-32-22)27-24(29)15-28(18-8-9-21(26)20(25)14-18)34(30,31)19-5-3-2-4-6-19/h2-10,13-14,16H,11-12,15H2,1H3,(H,27,29)/t16-/m1/s1. The molecule has 0 bridgehead atoms. The lowest BCUT2D eigenvalue weighted by Gasteiger charge is -2.25. The summed E-state index contributed by atoms with van der Waals surface area (Å²) in [7, 11) is -4.14. The van der Waals surface area contributed by atoms with E-state index in [2.05, 4.69) is 5.32 Å². The Balaban J connectivity index is 1.58. The molecule has 10 heteroatoms. The predicted octanol–water partition coefficient (Wildman–Crippen LogP) is 4.32. The van der Waals surface area contributed by atoms with Crippen molar-refractivity contribution in [2.45, 2.75) is 17.9 Å². The highest BCUT2D eigenvalue weighted by molar-refractivity contribution is 7.92. The summed E-state index contributed by atoms with van der Waals surface area (Å²) in [6.45, 7) is 2.14. The van der Waals surface area contributed by atoms with Gasteiger partial charge in [-0.3, -0.25) is 9.10 Å². The van der Waals surface area contributed by atoms with Crippen LogP contribution < -0.4 is 19.1 Å². The highest BCUT2D eigenvalue weighted by Gasteiger charge is 2.28. The molecule has 0 aromatic heterocycles. The van der Waals surface area contributed by atoms with Gasteiger partial charge in [-0.1, -0.05) is 35.9 Å². The molecule has 0 fully saturated rings. The molecule has 3 aromatic rings. The fraction of sp³-hybridized carbons (Fsp3) is 0.208. The normalized spacial score (nSPS) is 13.7. The molecule has 0 aliphatic carbocycles. The first-order chi connectivity index (χ1) is 16.3. The molecule has 178 valence electrons. The molecule has 1 aliphatic rings. The van der Waals surface area contributed by atoms with Gasteiger partial charge in [-0.2, -0.15) is 0 Å². The number of sulfonamides is 1. The van der Waals surface area contributed by atoms with E-state index in [1.807, 2.05) is 0 Å². The minimum Gasteiger partial charge on any atom is -0.486 e. The number of anilines is 1. The van der Waals surface area contributed by atoms with E-state index in [4.69, 9.17) is 21.1 Å². The van der Waals surface area contributed by atoms with Gasteiger partial charge < -0.3 is 14.8 Å². The molecule has 1 heterocycles. The van der Waals surface area contributed by atoms with Gasteiger partial charge in [0.05, 0.1) is 21.6 Å². The Kier molecular flexibility index (Phi) is 6.95. The van der Waals surface area contributed by atoms with Crippen molar-refractivity contribution in [2.24, 2.45) is 0 Å². The molecule has 0 radical (unpaired) electrons. The molecule has 0 unspecified atom stereocenters. The predicted molar refractivity (Wildman–Crippen MR) is 126 cm³/mol. The Morgan fingerprint density at radius 3 is 2.47 bits per heavy atom. The number of halogens is 2. The van der Waals surface area contributed by atoms with Crippen LogP contribution in [0, 0.1) is 5.82 Å². The molecule has 34 heavy (non-hydrogen) atoms. The van der Waals surface area contributed by atoms with Gasteiger partial charge in [-0.25, -0.2) is 12.8 Å². The van der Waals surface area contributed by atoms with Crippen molar-refractivity contribution in [2.75, 3.05) is 24.1 Å². The van der Waals surface area contributed by atoms with Crippen LogP contribution in [0.25, 0.3) is 0 Å². The Hall–Kier alpha value is -3.30. The molecule has 7 nitrogen and oxygen atoms in total. The van der Waals surface area contributed by atoms with Gasteiger partial charge in [0.25, 0.3) is 10.0 Å². The van der Waals surface area contributed by atoms with Gasteiger partial charge in [0, 0.05) is 0 Å². The van der Waals surface area contributed by atoms with Gasteiger partial charge in [0.2, 0.25) is 5.91 Å². The summed E-state index contributed by atoms with van der Waals surface area (Å²) in [5.74, 6) is -0.0394. The van der Waals surface area contributed by atoms with Crippen molar-refractivity contribution in [3.63, 3.8) is 0 Å². The number of ether oxygens (including phenoxy) is 2. The van der Waals surface area contributed by atoms with Gasteiger partial charge in [-0.05, 0) is 55.0 Å². The maximum atomic E-state index is 13.7. The molecular formula is C24H22ClFN2O5S. The Morgan fingerprint density at radius 1 is 1.06 bits per heavy atom. The van der Waals surface area contributed by atoms with Crippen LogP contribution in [0.1, 0.15) is 18.5 Å². The average molecular weight is 505 g/mol. The summed E-state index contributed by atoms with van der Waals surface area (Å²) in [6, 6.07) is 16.1. The second-order valence-corrected chi connectivity index (χ2v) is 9.88. The van der Waals surface area contributed by atoms with Gasteiger partial charge in [0.1, 0.15) is 25.6 Å². The lowest BCUT2D eigenvalue weighted by Crippen LogP contribution is -2.41. The second kappa shape index (κ2) is 9.90. The van der Waals surface area contributed by atoms with E-state index in [9.17, 15) is 17.6 Å². The second-order valence-electron chi connectivity index (χ2n) is 7.62. The van der Waals surface area contributed by atoms with Crippen LogP contribution in [0.2, 0.25) is 5.02 Å². The maximum Gasteiger partial charge on any atom is 0.264 e. The molecule has 1 amide bonds. The molecule has 0 saturated carbocycles. The van der Waals surface area contributed by atoms with Crippen LogP contribution in [0.3, 0.4) is 0 Å². The summed E-state index contributed by atoms with van der Waals surface area (Å²) in [5, 5.41) is 2.55. The van der Waals surface area contributed by atoms with Crippen LogP contribution in [0.15, 0.2) is 71.6 Å². The summed E-state index contributed by atoms with van der Waals surface area (Å²) in [6.07, 6.45) is 0. The SMILES string of the molecule is C[C@@H](NC(=O)CN(c1ccc(F)c(Cl)c1)S(=O)(=O)c1ccccc1)c1ccc2c(c1)OCCO2. The molecule has 0 saturated heterocycles. The first-order valence-corrected chi connectivity index (χ1v) is 12.3. The third kappa shape index (κ3) is 5.10. The third-order valence-electron chi connectivity index (χ3n) is 5.25. The summed E-state index contributed by atoms with van der Waals surface area (Å²) < 4.78 is 52.4. The molecule has 1 atom stereocenters. The van der Waals surface area contributed by atoms with Gasteiger partial charge in [0.15, 0.2) is 11.5 Å². The van der Waals surface area contributed by atoms with Gasteiger partial charge in [-0.15, -0.1) is 0 Å². The number of nitrogens with one attached hydrogen (secondary N) is 1. The average Bonchev–Trinajstić information content (AvgIpc) is 2.84. The van der Waals surface area contributed by atoms with E-state index in [1.165, 1.54) is 24.3 Å². The lowest BCUT2D eigenvalue weighted by atomic mass is 10.1. The van der Waals surface area contributed by atoms with E-state index < -0.39 is 34.3 Å². The zero-order valence-corrected chi connectivity index (χ0v) is 19.8. The summed E-state index contributed by atoms with van der Waals surface area (Å²) >= 11 is 5.89. The lowest BCUT2D eigenvalue weighted by molar-refractivity contribution is -0.120. The minimum absolute atomic E-state index is 0.0110. The third-order valence-corrected chi connectivity index (χ3v) is 7.33. The topological polar surface area (TPSA) is 84.9 Å². The fourth-order valence-corrected chi connectivity index (χ4v) is 5.11. The number of carbonyl (C=O) groups excluding carboxylic acids is 1. The number of rotatable bonds is 7. The van der Waals surface area contributed by atoms with Crippen molar-refractivity contribution in [1.29, 1.82) is 0 Å². The van der Waals surface area contributed by atoms with Crippen LogP contribution >= 0.6 is 11.6 Å². The largest absolute Gasteiger partial charge is 0.486 e. The monoisotopic (exact) mass is 504 g/mol. The highest BCUT2D eigenvalue weighted by atomic mass is 35.5. The molecule has 1 aliphatic heterocycles. The Labute approximate surface area is 202 Å². The Morgan fingerprint density at radius 2 is 1.76 bits per heavy atom. The summed E-state index contributed by atoms with van der Waals surface area (Å²) in [4.78, 5) is 12.9. The van der Waals surface area contributed by atoms with Crippen molar-refractivity contribution in [3.05, 3.63) is 83.1 Å². The number of carbonyl (C=O) groups is 1. The molecule has 3 aromatic carbocycles. The van der Waals surface area contributed by atoms with E-state index in [0.717, 1.165) is 15.9 Å². The first kappa shape index (κ1) is 23.8. The first-order valence-electron chi connectivity index (χ1n) is 10.5. The Bertz CT molecular complexity index is 1300. The quantitative estimate of drug-likeness (QED) is 0.518. The van der Waals surface area contributed by atoms with Crippen LogP contribution in [-0.2, 0) is 14.8 Å². The van der Waals surface area contributed by atoms with Crippen molar-refractivity contribution >= 4 is 33.2 Å². The molecule has 1 N–H and O–H groups in total. The van der Waals surface area contributed by atoms with Crippen molar-refractivity contribution in [3.8, 4) is 11.5 Å². The summed E-state index contributed by atoms with van der Waals surface area (Å²) in [5.41, 5.74) is 0.831. The van der Waals surface area contributed by atoms with E-state index in [-0.39, 0.29) is 15.6 Å². The van der Waals surface area contributed by atoms with E-state index >= 15 is 0 Å². The number of fused-ring (bicyclic) bond motifs is 1. The zero-order valence-electron chi connectivity index (χ0n) is 18.2. The zero-order chi connectivity index (χ0) is 24.3. The maximum absolute atomic E-state index is 13.7. The van der Waals surface area contributed by atoms with Crippen molar-refractivity contribution in [1.82, 2.24) is 5.32 Å². The van der Waals surface area contributed by atoms with Crippen LogP contribution in [-0.4, -0.2) is 34.1 Å². The molecule has 0 spiro atoms. The smallest absolute Gasteiger partial charge is 0.264 e.